The van der Waals surface area contributed by atoms with Gasteiger partial charge in [0.2, 0.25) is 5.89 Å². The average molecular weight is 278 g/mol. The Morgan fingerprint density at radius 1 is 1.35 bits per heavy atom. The van der Waals surface area contributed by atoms with Crippen molar-refractivity contribution in [2.45, 2.75) is 44.9 Å². The zero-order valence-corrected chi connectivity index (χ0v) is 12.5. The number of hydrogen-bond donors (Lipinski definition) is 1. The molecule has 0 amide bonds. The van der Waals surface area contributed by atoms with E-state index in [9.17, 15) is 0 Å². The molecular formula is C15H26N4O. The van der Waals surface area contributed by atoms with Gasteiger partial charge < -0.3 is 14.7 Å². The van der Waals surface area contributed by atoms with Gasteiger partial charge in [0.1, 0.15) is 0 Å². The van der Waals surface area contributed by atoms with Gasteiger partial charge in [-0.05, 0) is 51.2 Å². The molecule has 0 spiro atoms. The highest BCUT2D eigenvalue weighted by Gasteiger charge is 2.24. The molecule has 5 nitrogen and oxygen atoms in total. The lowest BCUT2D eigenvalue weighted by Crippen LogP contribution is -2.36. The molecule has 0 aromatic carbocycles. The lowest BCUT2D eigenvalue weighted by atomic mass is 9.95. The molecule has 2 saturated heterocycles. The molecule has 2 aliphatic heterocycles. The Bertz CT molecular complexity index is 414. The largest absolute Gasteiger partial charge is 0.339 e. The Morgan fingerprint density at radius 2 is 2.30 bits per heavy atom. The fraction of sp³-hybridized carbons (Fsp3) is 0.867. The third-order valence-corrected chi connectivity index (χ3v) is 4.66. The van der Waals surface area contributed by atoms with Gasteiger partial charge in [-0.2, -0.15) is 4.98 Å². The maximum atomic E-state index is 5.48. The summed E-state index contributed by atoms with van der Waals surface area (Å²) in [5.41, 5.74) is 0. The van der Waals surface area contributed by atoms with Gasteiger partial charge in [-0.3, -0.25) is 0 Å². The van der Waals surface area contributed by atoms with Gasteiger partial charge in [0.05, 0.1) is 0 Å². The zero-order valence-electron chi connectivity index (χ0n) is 12.5. The van der Waals surface area contributed by atoms with Crippen molar-refractivity contribution < 1.29 is 4.52 Å². The van der Waals surface area contributed by atoms with E-state index in [-0.39, 0.29) is 0 Å². The second-order valence-corrected chi connectivity index (χ2v) is 6.20. The molecule has 0 aliphatic carbocycles. The second kappa shape index (κ2) is 6.68. The highest BCUT2D eigenvalue weighted by Crippen LogP contribution is 2.23. The first-order chi connectivity index (χ1) is 9.85. The van der Waals surface area contributed by atoms with Crippen molar-refractivity contribution in [3.8, 4) is 0 Å². The number of hydrogen-bond acceptors (Lipinski definition) is 5. The minimum absolute atomic E-state index is 0.444. The van der Waals surface area contributed by atoms with Crippen LogP contribution in [0.25, 0.3) is 0 Å². The van der Waals surface area contributed by atoms with Crippen molar-refractivity contribution in [1.82, 2.24) is 20.4 Å². The van der Waals surface area contributed by atoms with Crippen LogP contribution in [0.1, 0.15) is 50.2 Å². The Kier molecular flexibility index (Phi) is 4.68. The molecule has 20 heavy (non-hydrogen) atoms. The summed E-state index contributed by atoms with van der Waals surface area (Å²) in [6, 6.07) is 0. The summed E-state index contributed by atoms with van der Waals surface area (Å²) in [5, 5.41) is 7.61. The van der Waals surface area contributed by atoms with Gasteiger partial charge in [-0.15, -0.1) is 0 Å². The highest BCUT2D eigenvalue weighted by atomic mass is 16.5. The van der Waals surface area contributed by atoms with Crippen molar-refractivity contribution in [2.24, 2.45) is 5.92 Å². The number of rotatable bonds is 4. The highest BCUT2D eigenvalue weighted by molar-refractivity contribution is 4.99. The van der Waals surface area contributed by atoms with Gasteiger partial charge >= 0.3 is 0 Å². The van der Waals surface area contributed by atoms with E-state index in [1.165, 1.54) is 38.8 Å². The van der Waals surface area contributed by atoms with E-state index in [2.05, 4.69) is 27.3 Å². The predicted octanol–water partition coefficient (Wildman–Crippen LogP) is 1.81. The Morgan fingerprint density at radius 3 is 3.10 bits per heavy atom. The monoisotopic (exact) mass is 278 g/mol. The van der Waals surface area contributed by atoms with Crippen LogP contribution >= 0.6 is 0 Å². The Balaban J connectivity index is 1.56. The van der Waals surface area contributed by atoms with Crippen molar-refractivity contribution in [3.05, 3.63) is 11.7 Å². The molecule has 112 valence electrons. The minimum atomic E-state index is 0.444. The van der Waals surface area contributed by atoms with Crippen LogP contribution in [0, 0.1) is 5.92 Å². The SMILES string of the molecule is CCN1CCCC(Cc2nc(C3CCCNC3)no2)C1. The fourth-order valence-corrected chi connectivity index (χ4v) is 3.44. The fourth-order valence-electron chi connectivity index (χ4n) is 3.44. The molecule has 0 radical (unpaired) electrons. The molecule has 0 saturated carbocycles. The van der Waals surface area contributed by atoms with Gasteiger partial charge in [-0.25, -0.2) is 0 Å². The third kappa shape index (κ3) is 3.38. The maximum Gasteiger partial charge on any atom is 0.226 e. The lowest BCUT2D eigenvalue weighted by molar-refractivity contribution is 0.174. The normalized spacial score (nSPS) is 28.6. The molecule has 1 aromatic heterocycles. The summed E-state index contributed by atoms with van der Waals surface area (Å²) in [6.45, 7) is 7.93. The van der Waals surface area contributed by atoms with Crippen LogP contribution in [0.5, 0.6) is 0 Å². The van der Waals surface area contributed by atoms with Crippen LogP contribution in [0.3, 0.4) is 0 Å². The first kappa shape index (κ1) is 14.0. The molecule has 1 N–H and O–H groups in total. The molecule has 5 heteroatoms. The minimum Gasteiger partial charge on any atom is -0.339 e. The molecular weight excluding hydrogens is 252 g/mol. The van der Waals surface area contributed by atoms with Crippen molar-refractivity contribution in [1.29, 1.82) is 0 Å². The van der Waals surface area contributed by atoms with E-state index in [0.717, 1.165) is 37.8 Å². The van der Waals surface area contributed by atoms with Crippen LogP contribution < -0.4 is 5.32 Å². The molecule has 2 fully saturated rings. The zero-order chi connectivity index (χ0) is 13.8. The Labute approximate surface area is 121 Å². The number of nitrogens with zero attached hydrogens (tertiary/aromatic N) is 3. The first-order valence-corrected chi connectivity index (χ1v) is 8.10. The van der Waals surface area contributed by atoms with E-state index in [0.29, 0.717) is 11.8 Å². The van der Waals surface area contributed by atoms with E-state index in [1.54, 1.807) is 0 Å². The number of aromatic nitrogens is 2. The van der Waals surface area contributed by atoms with Crippen molar-refractivity contribution in [2.75, 3.05) is 32.7 Å². The van der Waals surface area contributed by atoms with Gasteiger partial charge in [0.15, 0.2) is 5.82 Å². The number of piperidine rings is 2. The summed E-state index contributed by atoms with van der Waals surface area (Å²) < 4.78 is 5.48. The first-order valence-electron chi connectivity index (χ1n) is 8.10. The summed E-state index contributed by atoms with van der Waals surface area (Å²) >= 11 is 0. The van der Waals surface area contributed by atoms with Crippen LogP contribution in [0.15, 0.2) is 4.52 Å². The summed E-state index contributed by atoms with van der Waals surface area (Å²) in [5.74, 6) is 2.88. The van der Waals surface area contributed by atoms with Gasteiger partial charge in [-0.1, -0.05) is 12.1 Å². The van der Waals surface area contributed by atoms with E-state index in [1.807, 2.05) is 0 Å². The Hall–Kier alpha value is -0.940. The summed E-state index contributed by atoms with van der Waals surface area (Å²) in [6.07, 6.45) is 5.93. The molecule has 3 heterocycles. The third-order valence-electron chi connectivity index (χ3n) is 4.66. The van der Waals surface area contributed by atoms with Gasteiger partial charge in [0, 0.05) is 25.4 Å². The molecule has 1 aromatic rings. The summed E-state index contributed by atoms with van der Waals surface area (Å²) in [7, 11) is 0. The van der Waals surface area contributed by atoms with Crippen LogP contribution in [0.2, 0.25) is 0 Å². The van der Waals surface area contributed by atoms with Crippen LogP contribution in [0.4, 0.5) is 0 Å². The number of likely N-dealkylation sites (tertiary alicyclic amines) is 1. The second-order valence-electron chi connectivity index (χ2n) is 6.20. The summed E-state index contributed by atoms with van der Waals surface area (Å²) in [4.78, 5) is 7.17. The molecule has 2 aliphatic rings. The van der Waals surface area contributed by atoms with E-state index >= 15 is 0 Å². The average Bonchev–Trinajstić information content (AvgIpc) is 2.97. The van der Waals surface area contributed by atoms with Crippen molar-refractivity contribution >= 4 is 0 Å². The maximum absolute atomic E-state index is 5.48. The van der Waals surface area contributed by atoms with E-state index < -0.39 is 0 Å². The lowest BCUT2D eigenvalue weighted by Gasteiger charge is -2.31. The smallest absolute Gasteiger partial charge is 0.226 e. The quantitative estimate of drug-likeness (QED) is 0.910. The predicted molar refractivity (Wildman–Crippen MR) is 77.7 cm³/mol. The van der Waals surface area contributed by atoms with Gasteiger partial charge in [0.25, 0.3) is 0 Å². The van der Waals surface area contributed by atoms with Crippen molar-refractivity contribution in [3.63, 3.8) is 0 Å². The standard InChI is InChI=1S/C15H26N4O/c1-2-19-8-4-5-12(11-19)9-14-17-15(18-20-14)13-6-3-7-16-10-13/h12-13,16H,2-11H2,1H3. The number of nitrogens with one attached hydrogen (secondary N) is 1. The molecule has 2 atom stereocenters. The molecule has 3 rings (SSSR count). The molecule has 0 bridgehead atoms. The molecule has 2 unspecified atom stereocenters. The van der Waals surface area contributed by atoms with Crippen LogP contribution in [-0.4, -0.2) is 47.8 Å². The van der Waals surface area contributed by atoms with E-state index in [4.69, 9.17) is 4.52 Å². The van der Waals surface area contributed by atoms with Crippen LogP contribution in [-0.2, 0) is 6.42 Å². The topological polar surface area (TPSA) is 54.2 Å².